The highest BCUT2D eigenvalue weighted by Gasteiger charge is 2.10. The van der Waals surface area contributed by atoms with E-state index >= 15 is 0 Å². The minimum Gasteiger partial charge on any atom is -0.357 e. The number of hydrogen-bond acceptors (Lipinski definition) is 6. The van der Waals surface area contributed by atoms with Crippen LogP contribution < -0.4 is 5.32 Å². The van der Waals surface area contributed by atoms with E-state index in [0.29, 0.717) is 22.7 Å². The lowest BCUT2D eigenvalue weighted by molar-refractivity contribution is 0.798. The summed E-state index contributed by atoms with van der Waals surface area (Å²) in [5.74, 6) is 1.35. The zero-order chi connectivity index (χ0) is 14.8. The number of nitrogens with zero attached hydrogens (tertiary/aromatic N) is 6. The Morgan fingerprint density at radius 3 is 2.71 bits per heavy atom. The second-order valence-corrected chi connectivity index (χ2v) is 4.74. The molecule has 1 aromatic carbocycles. The average molecular weight is 302 g/mol. The molecule has 2 heterocycles. The first-order chi connectivity index (χ1) is 10.2. The fourth-order valence-electron chi connectivity index (χ4n) is 1.75. The van der Waals surface area contributed by atoms with Crippen LogP contribution in [0.25, 0.3) is 17.3 Å². The molecule has 0 aliphatic carbocycles. The van der Waals surface area contributed by atoms with E-state index in [0.717, 1.165) is 11.1 Å². The molecule has 3 aromatic rings. The van der Waals surface area contributed by atoms with Gasteiger partial charge in [0.25, 0.3) is 5.95 Å². The van der Waals surface area contributed by atoms with Crippen LogP contribution in [-0.4, -0.2) is 36.8 Å². The van der Waals surface area contributed by atoms with Crippen molar-refractivity contribution in [2.45, 2.75) is 6.92 Å². The van der Waals surface area contributed by atoms with Gasteiger partial charge >= 0.3 is 0 Å². The van der Waals surface area contributed by atoms with Gasteiger partial charge in [-0.15, -0.1) is 0 Å². The first-order valence-electron chi connectivity index (χ1n) is 6.23. The van der Waals surface area contributed by atoms with Crippen LogP contribution in [-0.2, 0) is 0 Å². The molecule has 0 spiro atoms. The number of benzene rings is 1. The van der Waals surface area contributed by atoms with Crippen LogP contribution in [0.4, 0.5) is 5.95 Å². The summed E-state index contributed by atoms with van der Waals surface area (Å²) in [5.41, 5.74) is 1.81. The number of halogens is 1. The molecule has 0 fully saturated rings. The van der Waals surface area contributed by atoms with Crippen LogP contribution in [0.15, 0.2) is 30.9 Å². The largest absolute Gasteiger partial charge is 0.357 e. The Balaban J connectivity index is 2.13. The van der Waals surface area contributed by atoms with Gasteiger partial charge in [-0.3, -0.25) is 0 Å². The third-order valence-corrected chi connectivity index (χ3v) is 3.31. The van der Waals surface area contributed by atoms with Gasteiger partial charge in [-0.05, 0) is 18.6 Å². The molecule has 0 aliphatic rings. The van der Waals surface area contributed by atoms with Gasteiger partial charge in [0.1, 0.15) is 12.7 Å². The van der Waals surface area contributed by atoms with Crippen LogP contribution in [0.3, 0.4) is 0 Å². The molecule has 0 aliphatic heterocycles. The molecule has 0 unspecified atom stereocenters. The summed E-state index contributed by atoms with van der Waals surface area (Å²) in [7, 11) is 1.74. The lowest BCUT2D eigenvalue weighted by Crippen LogP contribution is -2.08. The maximum Gasteiger partial charge on any atom is 0.257 e. The smallest absolute Gasteiger partial charge is 0.257 e. The predicted molar refractivity (Wildman–Crippen MR) is 79.5 cm³/mol. The van der Waals surface area contributed by atoms with E-state index in [9.17, 15) is 0 Å². The first-order valence-corrected chi connectivity index (χ1v) is 6.60. The summed E-state index contributed by atoms with van der Waals surface area (Å²) >= 11 is 6.16. The van der Waals surface area contributed by atoms with Gasteiger partial charge in [-0.1, -0.05) is 23.7 Å². The lowest BCUT2D eigenvalue weighted by Gasteiger charge is -2.07. The molecule has 0 saturated carbocycles. The summed E-state index contributed by atoms with van der Waals surface area (Å²) in [6.45, 7) is 1.94. The summed E-state index contributed by atoms with van der Waals surface area (Å²) in [6, 6.07) is 5.67. The highest BCUT2D eigenvalue weighted by atomic mass is 35.5. The molecule has 1 N–H and O–H groups in total. The van der Waals surface area contributed by atoms with E-state index < -0.39 is 0 Å². The number of aromatic nitrogens is 6. The second kappa shape index (κ2) is 5.45. The zero-order valence-electron chi connectivity index (χ0n) is 11.4. The predicted octanol–water partition coefficient (Wildman–Crippen LogP) is 2.12. The summed E-state index contributed by atoms with van der Waals surface area (Å²) in [5, 5.41) is 7.60. The second-order valence-electron chi connectivity index (χ2n) is 4.34. The third kappa shape index (κ3) is 2.68. The van der Waals surface area contributed by atoms with Crippen LogP contribution in [0.5, 0.6) is 0 Å². The number of hydrogen-bond donors (Lipinski definition) is 1. The molecular formula is C13H12ClN7. The van der Waals surface area contributed by atoms with Crippen molar-refractivity contribution in [3.05, 3.63) is 41.4 Å². The Labute approximate surface area is 126 Å². The van der Waals surface area contributed by atoms with E-state index in [2.05, 4.69) is 30.4 Å². The standard InChI is InChI=1S/C13H12ClN7/c1-8-3-4-9(5-10(8)14)11-18-12(15-2)20-13(19-11)21-7-16-6-17-21/h3-7H,1-2H3,(H,15,18,19,20). The molecule has 21 heavy (non-hydrogen) atoms. The third-order valence-electron chi connectivity index (χ3n) is 2.90. The van der Waals surface area contributed by atoms with Gasteiger partial charge in [0, 0.05) is 17.6 Å². The topological polar surface area (TPSA) is 81.4 Å². The quantitative estimate of drug-likeness (QED) is 0.798. The van der Waals surface area contributed by atoms with Crippen LogP contribution in [0.1, 0.15) is 5.56 Å². The van der Waals surface area contributed by atoms with Gasteiger partial charge in [0.05, 0.1) is 0 Å². The van der Waals surface area contributed by atoms with Gasteiger partial charge in [0.2, 0.25) is 5.95 Å². The van der Waals surface area contributed by atoms with E-state index in [1.807, 2.05) is 25.1 Å². The average Bonchev–Trinajstić information content (AvgIpc) is 3.04. The van der Waals surface area contributed by atoms with Crippen molar-refractivity contribution in [1.82, 2.24) is 29.7 Å². The first kappa shape index (κ1) is 13.4. The number of aryl methyl sites for hydroxylation is 1. The minimum absolute atomic E-state index is 0.388. The Morgan fingerprint density at radius 2 is 2.05 bits per heavy atom. The van der Waals surface area contributed by atoms with E-state index in [-0.39, 0.29) is 0 Å². The molecule has 0 amide bonds. The van der Waals surface area contributed by atoms with E-state index in [1.165, 1.54) is 17.3 Å². The van der Waals surface area contributed by atoms with Crippen molar-refractivity contribution < 1.29 is 0 Å². The van der Waals surface area contributed by atoms with E-state index in [4.69, 9.17) is 11.6 Å². The molecular weight excluding hydrogens is 290 g/mol. The van der Waals surface area contributed by atoms with Crippen molar-refractivity contribution in [2.24, 2.45) is 0 Å². The van der Waals surface area contributed by atoms with E-state index in [1.54, 1.807) is 7.05 Å². The normalized spacial score (nSPS) is 10.6. The fourth-order valence-corrected chi connectivity index (χ4v) is 1.93. The molecule has 106 valence electrons. The van der Waals surface area contributed by atoms with Crippen LogP contribution in [0.2, 0.25) is 5.02 Å². The van der Waals surface area contributed by atoms with Gasteiger partial charge in [-0.2, -0.15) is 24.7 Å². The molecule has 0 radical (unpaired) electrons. The number of anilines is 1. The maximum atomic E-state index is 6.16. The summed E-state index contributed by atoms with van der Waals surface area (Å²) < 4.78 is 1.47. The highest BCUT2D eigenvalue weighted by Crippen LogP contribution is 2.23. The molecule has 0 saturated heterocycles. The van der Waals surface area contributed by atoms with Crippen molar-refractivity contribution in [1.29, 1.82) is 0 Å². The Hall–Kier alpha value is -2.54. The highest BCUT2D eigenvalue weighted by molar-refractivity contribution is 6.31. The van der Waals surface area contributed by atoms with Crippen LogP contribution in [0, 0.1) is 6.92 Å². The monoisotopic (exact) mass is 301 g/mol. The SMILES string of the molecule is CNc1nc(-c2ccc(C)c(Cl)c2)nc(-n2cncn2)n1. The molecule has 0 bridgehead atoms. The lowest BCUT2D eigenvalue weighted by atomic mass is 10.1. The van der Waals surface area contributed by atoms with Crippen LogP contribution >= 0.6 is 11.6 Å². The molecule has 0 atom stereocenters. The molecule has 7 nitrogen and oxygen atoms in total. The molecule has 8 heteroatoms. The maximum absolute atomic E-state index is 6.16. The van der Waals surface area contributed by atoms with Gasteiger partial charge in [-0.25, -0.2) is 4.98 Å². The van der Waals surface area contributed by atoms with Gasteiger partial charge in [0.15, 0.2) is 5.82 Å². The zero-order valence-corrected chi connectivity index (χ0v) is 12.2. The fraction of sp³-hybridized carbons (Fsp3) is 0.154. The van der Waals surface area contributed by atoms with Crippen molar-refractivity contribution >= 4 is 17.5 Å². The van der Waals surface area contributed by atoms with Gasteiger partial charge < -0.3 is 5.32 Å². The minimum atomic E-state index is 0.388. The Bertz CT molecular complexity index is 770. The van der Waals surface area contributed by atoms with Crippen molar-refractivity contribution in [3.63, 3.8) is 0 Å². The van der Waals surface area contributed by atoms with Crippen molar-refractivity contribution in [2.75, 3.05) is 12.4 Å². The van der Waals surface area contributed by atoms with Crippen molar-refractivity contribution in [3.8, 4) is 17.3 Å². The Morgan fingerprint density at radius 1 is 1.19 bits per heavy atom. The summed E-state index contributed by atoms with van der Waals surface area (Å²) in [6.07, 6.45) is 2.95. The summed E-state index contributed by atoms with van der Waals surface area (Å²) in [4.78, 5) is 16.9. The number of rotatable bonds is 3. The molecule has 3 rings (SSSR count). The number of nitrogens with one attached hydrogen (secondary N) is 1. The Kier molecular flexibility index (Phi) is 3.49. The molecule has 2 aromatic heterocycles.